The summed E-state index contributed by atoms with van der Waals surface area (Å²) in [5.41, 5.74) is 4.37. The predicted octanol–water partition coefficient (Wildman–Crippen LogP) is 3.87. The smallest absolute Gasteiger partial charge is 0.127 e. The lowest BCUT2D eigenvalue weighted by Gasteiger charge is -2.31. The fraction of sp³-hybridized carbons (Fsp3) is 0.333. The summed E-state index contributed by atoms with van der Waals surface area (Å²) in [5, 5.41) is 10.4. The molecule has 2 aromatic rings. The number of methoxy groups -OCH3 is 1. The van der Waals surface area contributed by atoms with Gasteiger partial charge < -0.3 is 14.6 Å². The van der Waals surface area contributed by atoms with Crippen LogP contribution in [-0.2, 0) is 0 Å². The molecule has 3 heteroatoms. The van der Waals surface area contributed by atoms with Crippen molar-refractivity contribution in [3.8, 4) is 11.5 Å². The fourth-order valence-corrected chi connectivity index (χ4v) is 2.93. The highest BCUT2D eigenvalue weighted by Gasteiger charge is 2.29. The van der Waals surface area contributed by atoms with Crippen LogP contribution in [0, 0.1) is 13.8 Å². The molecule has 0 radical (unpaired) electrons. The molecule has 0 aliphatic carbocycles. The van der Waals surface area contributed by atoms with E-state index in [0.717, 1.165) is 22.6 Å². The molecule has 0 saturated carbocycles. The van der Waals surface area contributed by atoms with Crippen LogP contribution in [0.4, 0.5) is 0 Å². The lowest BCUT2D eigenvalue weighted by Crippen LogP contribution is -2.19. The Balaban J connectivity index is 1.94. The first-order chi connectivity index (χ1) is 10.1. The summed E-state index contributed by atoms with van der Waals surface area (Å²) in [4.78, 5) is 0. The highest BCUT2D eigenvalue weighted by molar-refractivity contribution is 5.44. The maximum absolute atomic E-state index is 10.4. The zero-order chi connectivity index (χ0) is 15.0. The van der Waals surface area contributed by atoms with Crippen LogP contribution in [0.25, 0.3) is 0 Å². The van der Waals surface area contributed by atoms with Crippen molar-refractivity contribution in [3.63, 3.8) is 0 Å². The second-order valence-electron chi connectivity index (χ2n) is 5.62. The van der Waals surface area contributed by atoms with Crippen LogP contribution in [0.15, 0.2) is 36.4 Å². The zero-order valence-electron chi connectivity index (χ0n) is 12.6. The fourth-order valence-electron chi connectivity index (χ4n) is 2.93. The van der Waals surface area contributed by atoms with Gasteiger partial charge in [0, 0.05) is 12.0 Å². The van der Waals surface area contributed by atoms with Gasteiger partial charge >= 0.3 is 0 Å². The van der Waals surface area contributed by atoms with Crippen molar-refractivity contribution >= 4 is 0 Å². The van der Waals surface area contributed by atoms with Crippen molar-refractivity contribution in [2.75, 3.05) is 7.11 Å². The maximum atomic E-state index is 10.4. The molecule has 2 atom stereocenters. The van der Waals surface area contributed by atoms with E-state index in [1.54, 1.807) is 7.11 Å². The van der Waals surface area contributed by atoms with Gasteiger partial charge in [-0.15, -0.1) is 0 Å². The Bertz CT molecular complexity index is 664. The minimum absolute atomic E-state index is 0.110. The molecule has 0 spiro atoms. The summed E-state index contributed by atoms with van der Waals surface area (Å²) < 4.78 is 11.3. The number of aliphatic hydroxyl groups excluding tert-OH is 1. The van der Waals surface area contributed by atoms with Crippen LogP contribution in [0.1, 0.15) is 40.9 Å². The van der Waals surface area contributed by atoms with Crippen molar-refractivity contribution < 1.29 is 14.6 Å². The van der Waals surface area contributed by atoms with Crippen LogP contribution in [-0.4, -0.2) is 12.2 Å². The number of rotatable bonds is 2. The summed E-state index contributed by atoms with van der Waals surface area (Å²) >= 11 is 0. The van der Waals surface area contributed by atoms with Gasteiger partial charge in [0.15, 0.2) is 0 Å². The van der Waals surface area contributed by atoms with Gasteiger partial charge in [0.1, 0.15) is 17.6 Å². The second kappa shape index (κ2) is 5.41. The van der Waals surface area contributed by atoms with Gasteiger partial charge in [0.2, 0.25) is 0 Å². The SMILES string of the molecule is COc1ccc2c(c1)[C@H](O)CC(c1ccc(C)cc1C)O2. The maximum Gasteiger partial charge on any atom is 0.127 e. The van der Waals surface area contributed by atoms with Crippen LogP contribution < -0.4 is 9.47 Å². The van der Waals surface area contributed by atoms with Gasteiger partial charge in [-0.2, -0.15) is 0 Å². The average Bonchev–Trinajstić information content (AvgIpc) is 2.47. The molecule has 0 aromatic heterocycles. The number of aliphatic hydroxyl groups is 1. The lowest BCUT2D eigenvalue weighted by molar-refractivity contribution is 0.0652. The highest BCUT2D eigenvalue weighted by Crippen LogP contribution is 2.42. The largest absolute Gasteiger partial charge is 0.497 e. The van der Waals surface area contributed by atoms with Gasteiger partial charge in [0.05, 0.1) is 13.2 Å². The molecule has 1 N–H and O–H groups in total. The van der Waals surface area contributed by atoms with Gasteiger partial charge in [-0.1, -0.05) is 23.8 Å². The normalized spacial score (nSPS) is 20.6. The number of aryl methyl sites for hydroxylation is 2. The van der Waals surface area contributed by atoms with E-state index in [9.17, 15) is 5.11 Å². The van der Waals surface area contributed by atoms with Gasteiger partial charge in [-0.3, -0.25) is 0 Å². The molecule has 2 aromatic carbocycles. The van der Waals surface area contributed by atoms with Gasteiger partial charge in [-0.25, -0.2) is 0 Å². The molecule has 1 aliphatic rings. The predicted molar refractivity (Wildman–Crippen MR) is 81.9 cm³/mol. The Kier molecular flexibility index (Phi) is 3.60. The van der Waals surface area contributed by atoms with Gasteiger partial charge in [0.25, 0.3) is 0 Å². The van der Waals surface area contributed by atoms with E-state index >= 15 is 0 Å². The summed E-state index contributed by atoms with van der Waals surface area (Å²) in [6.45, 7) is 4.16. The third kappa shape index (κ3) is 2.61. The Morgan fingerprint density at radius 2 is 1.90 bits per heavy atom. The van der Waals surface area contributed by atoms with Crippen LogP contribution in [0.5, 0.6) is 11.5 Å². The molecule has 110 valence electrons. The van der Waals surface area contributed by atoms with Crippen LogP contribution >= 0.6 is 0 Å². The van der Waals surface area contributed by atoms with E-state index in [2.05, 4.69) is 32.0 Å². The molecule has 1 unspecified atom stereocenters. The molecule has 0 fully saturated rings. The molecule has 0 amide bonds. The zero-order valence-corrected chi connectivity index (χ0v) is 12.6. The number of hydrogen-bond acceptors (Lipinski definition) is 3. The van der Waals surface area contributed by atoms with Crippen molar-refractivity contribution in [2.24, 2.45) is 0 Å². The Hall–Kier alpha value is -2.00. The topological polar surface area (TPSA) is 38.7 Å². The van der Waals surface area contributed by atoms with E-state index in [1.165, 1.54) is 11.1 Å². The Morgan fingerprint density at radius 3 is 2.62 bits per heavy atom. The molecule has 1 aliphatic heterocycles. The monoisotopic (exact) mass is 284 g/mol. The average molecular weight is 284 g/mol. The third-order valence-electron chi connectivity index (χ3n) is 4.05. The van der Waals surface area contributed by atoms with Crippen molar-refractivity contribution in [1.82, 2.24) is 0 Å². The quantitative estimate of drug-likeness (QED) is 0.910. The highest BCUT2D eigenvalue weighted by atomic mass is 16.5. The molecule has 0 saturated heterocycles. The standard InChI is InChI=1S/C18H20O3/c1-11-4-6-14(12(2)8-11)18-10-16(19)15-9-13(20-3)5-7-17(15)21-18/h4-9,16,18-19H,10H2,1-3H3/t16-,18?/m1/s1. The first kappa shape index (κ1) is 14.0. The molecule has 3 rings (SSSR count). The molecular weight excluding hydrogens is 264 g/mol. The minimum atomic E-state index is -0.533. The van der Waals surface area contributed by atoms with E-state index in [4.69, 9.17) is 9.47 Å². The summed E-state index contributed by atoms with van der Waals surface area (Å²) in [5.74, 6) is 1.47. The van der Waals surface area contributed by atoms with Crippen LogP contribution in [0.2, 0.25) is 0 Å². The summed E-state index contributed by atoms with van der Waals surface area (Å²) in [6, 6.07) is 11.9. The van der Waals surface area contributed by atoms with Crippen molar-refractivity contribution in [3.05, 3.63) is 58.7 Å². The first-order valence-corrected chi connectivity index (χ1v) is 7.18. The summed E-state index contributed by atoms with van der Waals surface area (Å²) in [7, 11) is 1.62. The molecule has 3 nitrogen and oxygen atoms in total. The van der Waals surface area contributed by atoms with E-state index < -0.39 is 6.10 Å². The molecular formula is C18H20O3. The lowest BCUT2D eigenvalue weighted by atomic mass is 9.92. The van der Waals surface area contributed by atoms with E-state index in [0.29, 0.717) is 6.42 Å². The van der Waals surface area contributed by atoms with E-state index in [-0.39, 0.29) is 6.10 Å². The van der Waals surface area contributed by atoms with Gasteiger partial charge in [-0.05, 0) is 43.2 Å². The molecule has 0 bridgehead atoms. The Labute approximate surface area is 125 Å². The van der Waals surface area contributed by atoms with E-state index in [1.807, 2.05) is 18.2 Å². The second-order valence-corrected chi connectivity index (χ2v) is 5.62. The number of fused-ring (bicyclic) bond motifs is 1. The first-order valence-electron chi connectivity index (χ1n) is 7.18. The molecule has 1 heterocycles. The minimum Gasteiger partial charge on any atom is -0.497 e. The van der Waals surface area contributed by atoms with Crippen LogP contribution in [0.3, 0.4) is 0 Å². The third-order valence-corrected chi connectivity index (χ3v) is 4.05. The number of ether oxygens (including phenoxy) is 2. The summed E-state index contributed by atoms with van der Waals surface area (Å²) in [6.07, 6.45) is -0.0830. The van der Waals surface area contributed by atoms with Crippen molar-refractivity contribution in [2.45, 2.75) is 32.5 Å². The number of hydrogen-bond donors (Lipinski definition) is 1. The Morgan fingerprint density at radius 1 is 1.10 bits per heavy atom. The van der Waals surface area contributed by atoms with Crippen molar-refractivity contribution in [1.29, 1.82) is 0 Å². The molecule has 21 heavy (non-hydrogen) atoms. The number of benzene rings is 2.